The summed E-state index contributed by atoms with van der Waals surface area (Å²) in [6.07, 6.45) is 0.904. The van der Waals surface area contributed by atoms with E-state index in [1.165, 1.54) is 0 Å². The van der Waals surface area contributed by atoms with E-state index in [1.807, 2.05) is 19.9 Å². The summed E-state index contributed by atoms with van der Waals surface area (Å²) in [6, 6.07) is 7.02. The number of benzene rings is 1. The maximum atomic E-state index is 9.44. The largest absolute Gasteiger partial charge is 0.504 e. The van der Waals surface area contributed by atoms with Crippen LogP contribution in [0.15, 0.2) is 24.3 Å². The molecule has 1 rings (SSSR count). The number of ether oxygens (including phenoxy) is 1. The molecule has 2 nitrogen and oxygen atoms in total. The molecule has 1 aromatic carbocycles. The molecule has 0 unspecified atom stereocenters. The molecule has 2 heteroatoms. The minimum absolute atomic E-state index is 0.198. The summed E-state index contributed by atoms with van der Waals surface area (Å²) in [4.78, 5) is 0. The Morgan fingerprint density at radius 3 is 2.46 bits per heavy atom. The lowest BCUT2D eigenvalue weighted by molar-refractivity contribution is 0.101. The number of aromatic hydroxyl groups is 1. The third kappa shape index (κ3) is 2.65. The first kappa shape index (κ1) is 9.90. The maximum absolute atomic E-state index is 9.44. The van der Waals surface area contributed by atoms with Gasteiger partial charge in [0.1, 0.15) is 5.60 Å². The fraction of sp³-hybridized carbons (Fsp3) is 0.455. The number of phenolic OH excluding ortho intramolecular Hbond substituents is 1. The molecule has 0 aromatic heterocycles. The maximum Gasteiger partial charge on any atom is 0.161 e. The van der Waals surface area contributed by atoms with E-state index >= 15 is 0 Å². The molecular weight excluding hydrogens is 164 g/mol. The summed E-state index contributed by atoms with van der Waals surface area (Å²) < 4.78 is 5.63. The first-order valence-corrected chi connectivity index (χ1v) is 4.52. The highest BCUT2D eigenvalue weighted by Crippen LogP contribution is 2.29. The zero-order valence-electron chi connectivity index (χ0n) is 8.37. The Kier molecular flexibility index (Phi) is 2.81. The quantitative estimate of drug-likeness (QED) is 0.774. The fourth-order valence-electron chi connectivity index (χ4n) is 0.913. The highest BCUT2D eigenvalue weighted by molar-refractivity contribution is 5.38. The summed E-state index contributed by atoms with van der Waals surface area (Å²) in [6.45, 7) is 6.05. The Balaban J connectivity index is 2.80. The molecule has 0 fully saturated rings. The van der Waals surface area contributed by atoms with Crippen molar-refractivity contribution in [3.63, 3.8) is 0 Å². The van der Waals surface area contributed by atoms with Gasteiger partial charge >= 0.3 is 0 Å². The van der Waals surface area contributed by atoms with Gasteiger partial charge in [-0.05, 0) is 32.4 Å². The Bertz CT molecular complexity index is 279. The molecule has 1 N–H and O–H groups in total. The van der Waals surface area contributed by atoms with Crippen molar-refractivity contribution >= 4 is 0 Å². The second-order valence-corrected chi connectivity index (χ2v) is 3.68. The van der Waals surface area contributed by atoms with Crippen molar-refractivity contribution in [2.75, 3.05) is 0 Å². The molecule has 0 saturated heterocycles. The van der Waals surface area contributed by atoms with Crippen molar-refractivity contribution in [2.24, 2.45) is 0 Å². The van der Waals surface area contributed by atoms with E-state index in [4.69, 9.17) is 4.74 Å². The van der Waals surface area contributed by atoms with E-state index in [-0.39, 0.29) is 11.4 Å². The number of hydrogen-bond donors (Lipinski definition) is 1. The van der Waals surface area contributed by atoms with E-state index in [0.29, 0.717) is 5.75 Å². The average molecular weight is 180 g/mol. The Morgan fingerprint density at radius 2 is 1.92 bits per heavy atom. The highest BCUT2D eigenvalue weighted by Gasteiger charge is 2.17. The normalized spacial score (nSPS) is 11.3. The molecule has 0 spiro atoms. The minimum atomic E-state index is -0.223. The molecule has 0 atom stereocenters. The van der Waals surface area contributed by atoms with Crippen LogP contribution in [0.2, 0.25) is 0 Å². The zero-order valence-corrected chi connectivity index (χ0v) is 8.37. The van der Waals surface area contributed by atoms with Gasteiger partial charge in [0.05, 0.1) is 0 Å². The molecule has 0 amide bonds. The second kappa shape index (κ2) is 3.69. The van der Waals surface area contributed by atoms with Crippen LogP contribution < -0.4 is 4.74 Å². The van der Waals surface area contributed by atoms with E-state index in [2.05, 4.69) is 6.92 Å². The number of rotatable bonds is 3. The number of hydrogen-bond acceptors (Lipinski definition) is 2. The third-order valence-corrected chi connectivity index (χ3v) is 2.10. The van der Waals surface area contributed by atoms with Crippen molar-refractivity contribution in [1.82, 2.24) is 0 Å². The SMILES string of the molecule is CCC(C)(C)Oc1ccccc1O. The zero-order chi connectivity index (χ0) is 9.90. The van der Waals surface area contributed by atoms with E-state index in [9.17, 15) is 5.11 Å². The molecule has 0 aliphatic rings. The molecular formula is C11H16O2. The summed E-state index contributed by atoms with van der Waals surface area (Å²) in [5.74, 6) is 0.748. The van der Waals surface area contributed by atoms with Crippen LogP contribution in [0, 0.1) is 0 Å². The summed E-state index contributed by atoms with van der Waals surface area (Å²) in [5.41, 5.74) is -0.223. The van der Waals surface area contributed by atoms with Crippen molar-refractivity contribution in [1.29, 1.82) is 0 Å². The van der Waals surface area contributed by atoms with E-state index < -0.39 is 0 Å². The van der Waals surface area contributed by atoms with Gasteiger partial charge in [0, 0.05) is 0 Å². The van der Waals surface area contributed by atoms with Crippen LogP contribution in [-0.2, 0) is 0 Å². The molecule has 0 saturated carbocycles. The third-order valence-electron chi connectivity index (χ3n) is 2.10. The van der Waals surface area contributed by atoms with Gasteiger partial charge in [-0.15, -0.1) is 0 Å². The molecule has 0 radical (unpaired) electrons. The van der Waals surface area contributed by atoms with Gasteiger partial charge in [0.2, 0.25) is 0 Å². The van der Waals surface area contributed by atoms with Gasteiger partial charge in [-0.3, -0.25) is 0 Å². The number of phenols is 1. The molecule has 0 bridgehead atoms. The second-order valence-electron chi connectivity index (χ2n) is 3.68. The molecule has 13 heavy (non-hydrogen) atoms. The van der Waals surface area contributed by atoms with Crippen LogP contribution in [0.4, 0.5) is 0 Å². The first-order valence-electron chi connectivity index (χ1n) is 4.52. The summed E-state index contributed by atoms with van der Waals surface area (Å²) in [7, 11) is 0. The Labute approximate surface area is 79.2 Å². The molecule has 0 heterocycles. The van der Waals surface area contributed by atoms with Gasteiger partial charge in [-0.2, -0.15) is 0 Å². The predicted molar refractivity (Wildman–Crippen MR) is 53.1 cm³/mol. The first-order chi connectivity index (χ1) is 6.05. The van der Waals surface area contributed by atoms with Crippen molar-refractivity contribution in [3.05, 3.63) is 24.3 Å². The standard InChI is InChI=1S/C11H16O2/c1-4-11(2,3)13-10-8-6-5-7-9(10)12/h5-8,12H,4H2,1-3H3. The molecule has 0 aliphatic heterocycles. The molecule has 0 aliphatic carbocycles. The Hall–Kier alpha value is -1.18. The van der Waals surface area contributed by atoms with Crippen LogP contribution in [0.25, 0.3) is 0 Å². The smallest absolute Gasteiger partial charge is 0.161 e. The summed E-state index contributed by atoms with van der Waals surface area (Å²) >= 11 is 0. The van der Waals surface area contributed by atoms with Gasteiger partial charge in [-0.1, -0.05) is 19.1 Å². The Morgan fingerprint density at radius 1 is 1.31 bits per heavy atom. The lowest BCUT2D eigenvalue weighted by Gasteiger charge is -2.25. The average Bonchev–Trinajstić information content (AvgIpc) is 2.09. The minimum Gasteiger partial charge on any atom is -0.504 e. The van der Waals surface area contributed by atoms with Gasteiger partial charge < -0.3 is 9.84 Å². The summed E-state index contributed by atoms with van der Waals surface area (Å²) in [5, 5.41) is 9.44. The van der Waals surface area contributed by atoms with Gasteiger partial charge in [-0.25, -0.2) is 0 Å². The molecule has 1 aromatic rings. The van der Waals surface area contributed by atoms with Gasteiger partial charge in [0.25, 0.3) is 0 Å². The number of para-hydroxylation sites is 2. The van der Waals surface area contributed by atoms with Crippen LogP contribution in [0.3, 0.4) is 0 Å². The molecule has 72 valence electrons. The van der Waals surface area contributed by atoms with E-state index in [1.54, 1.807) is 18.2 Å². The van der Waals surface area contributed by atoms with Gasteiger partial charge in [0.15, 0.2) is 11.5 Å². The van der Waals surface area contributed by atoms with Crippen LogP contribution in [-0.4, -0.2) is 10.7 Å². The topological polar surface area (TPSA) is 29.5 Å². The van der Waals surface area contributed by atoms with Crippen molar-refractivity contribution in [3.8, 4) is 11.5 Å². The van der Waals surface area contributed by atoms with Crippen LogP contribution >= 0.6 is 0 Å². The fourth-order valence-corrected chi connectivity index (χ4v) is 0.913. The lowest BCUT2D eigenvalue weighted by Crippen LogP contribution is -2.26. The predicted octanol–water partition coefficient (Wildman–Crippen LogP) is 2.96. The monoisotopic (exact) mass is 180 g/mol. The highest BCUT2D eigenvalue weighted by atomic mass is 16.5. The van der Waals surface area contributed by atoms with Crippen LogP contribution in [0.5, 0.6) is 11.5 Å². The van der Waals surface area contributed by atoms with E-state index in [0.717, 1.165) is 6.42 Å². The van der Waals surface area contributed by atoms with Crippen molar-refractivity contribution < 1.29 is 9.84 Å². The van der Waals surface area contributed by atoms with Crippen molar-refractivity contribution in [2.45, 2.75) is 32.8 Å². The van der Waals surface area contributed by atoms with Crippen LogP contribution in [0.1, 0.15) is 27.2 Å². The lowest BCUT2D eigenvalue weighted by atomic mass is 10.1.